The van der Waals surface area contributed by atoms with Crippen LogP contribution in [0.3, 0.4) is 0 Å². The minimum atomic E-state index is -0.458. The van der Waals surface area contributed by atoms with Gasteiger partial charge in [-0.2, -0.15) is 4.98 Å². The van der Waals surface area contributed by atoms with Crippen LogP contribution in [0.5, 0.6) is 11.5 Å². The average Bonchev–Trinajstić information content (AvgIpc) is 3.05. The first-order chi connectivity index (χ1) is 12.2. The van der Waals surface area contributed by atoms with E-state index in [0.29, 0.717) is 46.8 Å². The second-order valence-corrected chi connectivity index (χ2v) is 6.88. The van der Waals surface area contributed by atoms with Gasteiger partial charge >= 0.3 is 0 Å². The number of rotatable bonds is 8. The highest BCUT2D eigenvalue weighted by atomic mass is 35.5. The second kappa shape index (κ2) is 8.37. The van der Waals surface area contributed by atoms with E-state index in [1.165, 1.54) is 14.2 Å². The van der Waals surface area contributed by atoms with Gasteiger partial charge in [-0.15, -0.1) is 0 Å². The largest absolute Gasteiger partial charge is 0.493 e. The third-order valence-electron chi connectivity index (χ3n) is 3.47. The molecule has 1 aromatic carbocycles. The highest BCUT2D eigenvalue weighted by Crippen LogP contribution is 2.38. The number of aromatic nitrogens is 2. The van der Waals surface area contributed by atoms with Gasteiger partial charge in [-0.05, 0) is 26.0 Å². The van der Waals surface area contributed by atoms with Crippen LogP contribution in [-0.4, -0.2) is 42.4 Å². The number of ether oxygens (including phenoxy) is 2. The first-order valence-corrected chi connectivity index (χ1v) is 8.41. The molecule has 0 bridgehead atoms. The van der Waals surface area contributed by atoms with Crippen molar-refractivity contribution in [1.29, 1.82) is 0 Å². The summed E-state index contributed by atoms with van der Waals surface area (Å²) in [5, 5.41) is 7.07. The number of benzene rings is 1. The molecule has 0 spiro atoms. The molecule has 0 saturated carbocycles. The number of amides is 1. The topological polar surface area (TPSA) is 112 Å². The predicted octanol–water partition coefficient (Wildman–Crippen LogP) is 2.19. The standard InChI is InChI=1S/C17H23ClN4O4/c1-17(2,19)9-20-13(23)5-6-14-21-16(22-26-14)10-7-11(18)15(25-4)12(8-10)24-3/h7-8H,5-6,9,19H2,1-4H3,(H,20,23). The molecule has 0 aliphatic carbocycles. The number of methoxy groups -OCH3 is 2. The Morgan fingerprint density at radius 2 is 2.08 bits per heavy atom. The van der Waals surface area contributed by atoms with Gasteiger partial charge in [0.1, 0.15) is 0 Å². The van der Waals surface area contributed by atoms with E-state index in [9.17, 15) is 4.79 Å². The van der Waals surface area contributed by atoms with E-state index >= 15 is 0 Å². The molecule has 2 aromatic rings. The van der Waals surface area contributed by atoms with Crippen LogP contribution in [0.1, 0.15) is 26.2 Å². The number of aryl methyl sites for hydroxylation is 1. The highest BCUT2D eigenvalue weighted by molar-refractivity contribution is 6.32. The highest BCUT2D eigenvalue weighted by Gasteiger charge is 2.17. The molecule has 0 saturated heterocycles. The van der Waals surface area contributed by atoms with Crippen LogP contribution in [-0.2, 0) is 11.2 Å². The molecule has 0 fully saturated rings. The summed E-state index contributed by atoms with van der Waals surface area (Å²) in [6.45, 7) is 4.07. The third-order valence-corrected chi connectivity index (χ3v) is 3.75. The van der Waals surface area contributed by atoms with Crippen LogP contribution in [0.4, 0.5) is 0 Å². The maximum Gasteiger partial charge on any atom is 0.227 e. The molecule has 26 heavy (non-hydrogen) atoms. The van der Waals surface area contributed by atoms with E-state index in [0.717, 1.165) is 0 Å². The molecule has 0 aliphatic rings. The first-order valence-electron chi connectivity index (χ1n) is 8.03. The van der Waals surface area contributed by atoms with Crippen molar-refractivity contribution >= 4 is 17.5 Å². The number of nitrogens with one attached hydrogen (secondary N) is 1. The first kappa shape index (κ1) is 20.0. The predicted molar refractivity (Wildman–Crippen MR) is 97.4 cm³/mol. The molecule has 142 valence electrons. The molecular weight excluding hydrogens is 360 g/mol. The van der Waals surface area contributed by atoms with Gasteiger partial charge < -0.3 is 25.0 Å². The Labute approximate surface area is 157 Å². The molecular formula is C17H23ClN4O4. The zero-order valence-electron chi connectivity index (χ0n) is 15.3. The number of nitrogens with zero attached hydrogens (tertiary/aromatic N) is 2. The molecule has 1 heterocycles. The van der Waals surface area contributed by atoms with Crippen LogP contribution in [0.25, 0.3) is 11.4 Å². The summed E-state index contributed by atoms with van der Waals surface area (Å²) in [6, 6.07) is 3.36. The van der Waals surface area contributed by atoms with Crippen molar-refractivity contribution in [3.8, 4) is 22.9 Å². The summed E-state index contributed by atoms with van der Waals surface area (Å²) in [5.41, 5.74) is 5.99. The number of carbonyl (C=O) groups is 1. The summed E-state index contributed by atoms with van der Waals surface area (Å²) >= 11 is 6.19. The van der Waals surface area contributed by atoms with Crippen molar-refractivity contribution < 1.29 is 18.8 Å². The van der Waals surface area contributed by atoms with Gasteiger partial charge in [0, 0.05) is 30.5 Å². The zero-order chi connectivity index (χ0) is 19.3. The Morgan fingerprint density at radius 1 is 1.35 bits per heavy atom. The van der Waals surface area contributed by atoms with Gasteiger partial charge in [0.25, 0.3) is 0 Å². The van der Waals surface area contributed by atoms with Crippen molar-refractivity contribution in [3.63, 3.8) is 0 Å². The minimum absolute atomic E-state index is 0.127. The molecule has 3 N–H and O–H groups in total. The lowest BCUT2D eigenvalue weighted by Gasteiger charge is -2.18. The van der Waals surface area contributed by atoms with Gasteiger partial charge in [0.05, 0.1) is 19.2 Å². The molecule has 9 heteroatoms. The Morgan fingerprint density at radius 3 is 2.69 bits per heavy atom. The Hall–Kier alpha value is -2.32. The van der Waals surface area contributed by atoms with Crippen LogP contribution in [0.15, 0.2) is 16.7 Å². The maximum absolute atomic E-state index is 11.8. The molecule has 1 aromatic heterocycles. The van der Waals surface area contributed by atoms with Gasteiger partial charge in [-0.1, -0.05) is 16.8 Å². The van der Waals surface area contributed by atoms with Crippen molar-refractivity contribution in [2.45, 2.75) is 32.2 Å². The van der Waals surface area contributed by atoms with Crippen molar-refractivity contribution in [2.75, 3.05) is 20.8 Å². The zero-order valence-corrected chi connectivity index (χ0v) is 16.0. The fourth-order valence-electron chi connectivity index (χ4n) is 2.16. The maximum atomic E-state index is 11.8. The Kier molecular flexibility index (Phi) is 6.44. The van der Waals surface area contributed by atoms with Gasteiger partial charge in [0.15, 0.2) is 11.5 Å². The van der Waals surface area contributed by atoms with Gasteiger partial charge in [0.2, 0.25) is 17.6 Å². The van der Waals surface area contributed by atoms with E-state index in [-0.39, 0.29) is 12.3 Å². The van der Waals surface area contributed by atoms with Crippen LogP contribution in [0, 0.1) is 0 Å². The summed E-state index contributed by atoms with van der Waals surface area (Å²) in [6.07, 6.45) is 0.551. The molecule has 0 atom stereocenters. The van der Waals surface area contributed by atoms with Crippen LogP contribution >= 0.6 is 11.6 Å². The quantitative estimate of drug-likeness (QED) is 0.719. The van der Waals surface area contributed by atoms with Crippen LogP contribution in [0.2, 0.25) is 5.02 Å². The monoisotopic (exact) mass is 382 g/mol. The van der Waals surface area contributed by atoms with Gasteiger partial charge in [-0.3, -0.25) is 4.79 Å². The normalized spacial score (nSPS) is 11.3. The molecule has 0 radical (unpaired) electrons. The third kappa shape index (κ3) is 5.34. The van der Waals surface area contributed by atoms with E-state index in [1.807, 2.05) is 13.8 Å². The van der Waals surface area contributed by atoms with E-state index in [1.54, 1.807) is 12.1 Å². The minimum Gasteiger partial charge on any atom is -0.493 e. The lowest BCUT2D eigenvalue weighted by molar-refractivity contribution is -0.121. The van der Waals surface area contributed by atoms with E-state index < -0.39 is 5.54 Å². The number of halogens is 1. The summed E-state index contributed by atoms with van der Waals surface area (Å²) in [4.78, 5) is 16.1. The lowest BCUT2D eigenvalue weighted by Crippen LogP contribution is -2.45. The Balaban J connectivity index is 2.04. The summed E-state index contributed by atoms with van der Waals surface area (Å²) in [5.74, 6) is 1.48. The number of hydrogen-bond donors (Lipinski definition) is 2. The number of hydrogen-bond acceptors (Lipinski definition) is 7. The van der Waals surface area contributed by atoms with E-state index in [2.05, 4.69) is 15.5 Å². The molecule has 0 unspecified atom stereocenters. The molecule has 8 nitrogen and oxygen atoms in total. The molecule has 1 amide bonds. The second-order valence-electron chi connectivity index (χ2n) is 6.47. The fourth-order valence-corrected chi connectivity index (χ4v) is 2.44. The van der Waals surface area contributed by atoms with E-state index in [4.69, 9.17) is 31.3 Å². The summed E-state index contributed by atoms with van der Waals surface area (Å²) in [7, 11) is 3.02. The van der Waals surface area contributed by atoms with Crippen LogP contribution < -0.4 is 20.5 Å². The SMILES string of the molecule is COc1cc(-c2noc(CCC(=O)NCC(C)(C)N)n2)cc(Cl)c1OC. The fraction of sp³-hybridized carbons (Fsp3) is 0.471. The van der Waals surface area contributed by atoms with Crippen molar-refractivity contribution in [3.05, 3.63) is 23.0 Å². The molecule has 2 rings (SSSR count). The lowest BCUT2D eigenvalue weighted by atomic mass is 10.1. The number of nitrogens with two attached hydrogens (primary N) is 1. The van der Waals surface area contributed by atoms with Gasteiger partial charge in [-0.25, -0.2) is 0 Å². The summed E-state index contributed by atoms with van der Waals surface area (Å²) < 4.78 is 15.7. The Bertz CT molecular complexity index is 771. The van der Waals surface area contributed by atoms with Crippen molar-refractivity contribution in [2.24, 2.45) is 5.73 Å². The smallest absolute Gasteiger partial charge is 0.227 e. The molecule has 0 aliphatic heterocycles. The number of carbonyl (C=O) groups excluding carboxylic acids is 1. The average molecular weight is 383 g/mol. The van der Waals surface area contributed by atoms with Crippen molar-refractivity contribution in [1.82, 2.24) is 15.5 Å².